The normalized spacial score (nSPS) is 11.8. The first-order valence-electron chi connectivity index (χ1n) is 9.65. The van der Waals surface area contributed by atoms with Crippen LogP contribution >= 0.6 is 0 Å². The van der Waals surface area contributed by atoms with Crippen LogP contribution in [-0.4, -0.2) is 34.3 Å². The SMILES string of the molecule is C[C@@H](CCc1ccccc1)NC(=O)COC(=O)Cn1[nH]c(=O)c2ccccc2c1=O. The molecule has 0 saturated heterocycles. The maximum absolute atomic E-state index is 12.4. The molecule has 0 spiro atoms. The smallest absolute Gasteiger partial charge is 0.328 e. The van der Waals surface area contributed by atoms with E-state index in [0.717, 1.165) is 17.5 Å². The lowest BCUT2D eigenvalue weighted by Gasteiger charge is -2.14. The summed E-state index contributed by atoms with van der Waals surface area (Å²) >= 11 is 0. The van der Waals surface area contributed by atoms with Gasteiger partial charge in [0, 0.05) is 6.04 Å². The minimum Gasteiger partial charge on any atom is -0.454 e. The van der Waals surface area contributed by atoms with Gasteiger partial charge < -0.3 is 10.1 Å². The Bertz CT molecular complexity index is 1150. The molecular formula is C22H23N3O5. The maximum Gasteiger partial charge on any atom is 0.328 e. The van der Waals surface area contributed by atoms with Crippen molar-refractivity contribution in [1.29, 1.82) is 0 Å². The van der Waals surface area contributed by atoms with Crippen LogP contribution in [0.4, 0.5) is 0 Å². The van der Waals surface area contributed by atoms with Gasteiger partial charge in [0.15, 0.2) is 6.61 Å². The molecule has 0 fully saturated rings. The number of benzene rings is 2. The number of nitrogens with zero attached hydrogens (tertiary/aromatic N) is 1. The van der Waals surface area contributed by atoms with E-state index >= 15 is 0 Å². The number of esters is 1. The van der Waals surface area contributed by atoms with Crippen LogP contribution < -0.4 is 16.4 Å². The fourth-order valence-electron chi connectivity index (χ4n) is 3.10. The Morgan fingerprint density at radius 3 is 2.43 bits per heavy atom. The lowest BCUT2D eigenvalue weighted by atomic mass is 10.1. The molecule has 3 aromatic rings. The van der Waals surface area contributed by atoms with E-state index in [1.165, 1.54) is 17.7 Å². The van der Waals surface area contributed by atoms with Crippen molar-refractivity contribution in [1.82, 2.24) is 15.1 Å². The third-order valence-electron chi connectivity index (χ3n) is 4.65. The van der Waals surface area contributed by atoms with Crippen LogP contribution in [0.15, 0.2) is 64.2 Å². The minimum atomic E-state index is -0.796. The third-order valence-corrected chi connectivity index (χ3v) is 4.65. The number of H-pyrrole nitrogens is 1. The van der Waals surface area contributed by atoms with Crippen molar-refractivity contribution in [2.75, 3.05) is 6.61 Å². The van der Waals surface area contributed by atoms with Crippen LogP contribution in [0.3, 0.4) is 0 Å². The van der Waals surface area contributed by atoms with E-state index in [1.807, 2.05) is 37.3 Å². The van der Waals surface area contributed by atoms with Gasteiger partial charge >= 0.3 is 5.97 Å². The molecule has 0 saturated carbocycles. The number of nitrogens with one attached hydrogen (secondary N) is 2. The fraction of sp³-hybridized carbons (Fsp3) is 0.273. The number of rotatable bonds is 8. The summed E-state index contributed by atoms with van der Waals surface area (Å²) in [7, 11) is 0. The van der Waals surface area contributed by atoms with E-state index in [1.54, 1.807) is 12.1 Å². The highest BCUT2D eigenvalue weighted by Gasteiger charge is 2.14. The quantitative estimate of drug-likeness (QED) is 0.546. The lowest BCUT2D eigenvalue weighted by Crippen LogP contribution is -2.37. The summed E-state index contributed by atoms with van der Waals surface area (Å²) in [6, 6.07) is 16.2. The number of ether oxygens (including phenoxy) is 1. The first kappa shape index (κ1) is 21.0. The Labute approximate surface area is 172 Å². The Balaban J connectivity index is 1.49. The van der Waals surface area contributed by atoms with Gasteiger partial charge in [-0.2, -0.15) is 0 Å². The fourth-order valence-corrected chi connectivity index (χ4v) is 3.10. The van der Waals surface area contributed by atoms with E-state index in [2.05, 4.69) is 10.4 Å². The third kappa shape index (κ3) is 5.44. The van der Waals surface area contributed by atoms with Gasteiger partial charge in [-0.1, -0.05) is 42.5 Å². The van der Waals surface area contributed by atoms with Gasteiger partial charge in [0.2, 0.25) is 0 Å². The predicted octanol–water partition coefficient (Wildman–Crippen LogP) is 1.37. The van der Waals surface area contributed by atoms with Gasteiger partial charge in [-0.3, -0.25) is 24.3 Å². The monoisotopic (exact) mass is 409 g/mol. The molecule has 156 valence electrons. The molecule has 0 radical (unpaired) electrons. The van der Waals surface area contributed by atoms with Crippen molar-refractivity contribution in [3.63, 3.8) is 0 Å². The molecule has 0 aliphatic carbocycles. The molecule has 0 aliphatic rings. The zero-order valence-corrected chi connectivity index (χ0v) is 16.6. The van der Waals surface area contributed by atoms with E-state index in [9.17, 15) is 19.2 Å². The molecule has 1 heterocycles. The summed E-state index contributed by atoms with van der Waals surface area (Å²) in [5.41, 5.74) is 0.184. The van der Waals surface area contributed by atoms with Crippen LogP contribution in [0.1, 0.15) is 18.9 Å². The summed E-state index contributed by atoms with van der Waals surface area (Å²) in [6.45, 7) is 0.929. The Morgan fingerprint density at radius 2 is 1.70 bits per heavy atom. The second-order valence-corrected chi connectivity index (χ2v) is 7.03. The summed E-state index contributed by atoms with van der Waals surface area (Å²) in [5, 5.41) is 5.57. The number of aromatic nitrogens is 2. The number of fused-ring (bicyclic) bond motifs is 1. The van der Waals surface area contributed by atoms with E-state index in [4.69, 9.17) is 4.74 Å². The minimum absolute atomic E-state index is 0.0872. The molecule has 1 aromatic heterocycles. The molecule has 2 aromatic carbocycles. The predicted molar refractivity (Wildman–Crippen MR) is 112 cm³/mol. The van der Waals surface area contributed by atoms with Crippen molar-refractivity contribution in [2.45, 2.75) is 32.4 Å². The highest BCUT2D eigenvalue weighted by atomic mass is 16.5. The Kier molecular flexibility index (Phi) is 6.79. The van der Waals surface area contributed by atoms with Crippen LogP contribution in [0.2, 0.25) is 0 Å². The zero-order chi connectivity index (χ0) is 21.5. The summed E-state index contributed by atoms with van der Waals surface area (Å²) in [5.74, 6) is -1.22. The first-order chi connectivity index (χ1) is 14.4. The highest BCUT2D eigenvalue weighted by Crippen LogP contribution is 2.05. The van der Waals surface area contributed by atoms with Crippen molar-refractivity contribution >= 4 is 22.6 Å². The van der Waals surface area contributed by atoms with Crippen molar-refractivity contribution in [3.05, 3.63) is 80.9 Å². The Hall–Kier alpha value is -3.68. The van der Waals surface area contributed by atoms with Gasteiger partial charge in [-0.15, -0.1) is 0 Å². The van der Waals surface area contributed by atoms with Crippen molar-refractivity contribution in [2.24, 2.45) is 0 Å². The molecule has 3 rings (SSSR count). The number of hydrogen-bond donors (Lipinski definition) is 2. The Morgan fingerprint density at radius 1 is 1.03 bits per heavy atom. The van der Waals surface area contributed by atoms with E-state index in [-0.39, 0.29) is 16.8 Å². The highest BCUT2D eigenvalue weighted by molar-refractivity contribution is 5.82. The molecule has 1 amide bonds. The van der Waals surface area contributed by atoms with Gasteiger partial charge in [0.05, 0.1) is 10.8 Å². The van der Waals surface area contributed by atoms with Gasteiger partial charge in [-0.05, 0) is 37.5 Å². The molecule has 2 N–H and O–H groups in total. The number of aromatic amines is 1. The largest absolute Gasteiger partial charge is 0.454 e. The second kappa shape index (κ2) is 9.69. The molecule has 0 bridgehead atoms. The molecule has 0 aliphatic heterocycles. The molecule has 30 heavy (non-hydrogen) atoms. The number of carbonyl (C=O) groups excluding carboxylic acids is 2. The molecule has 0 unspecified atom stereocenters. The number of amides is 1. The standard InChI is InChI=1S/C22H23N3O5/c1-15(11-12-16-7-3-2-4-8-16)23-19(26)14-30-20(27)13-25-22(29)18-10-6-5-9-17(18)21(28)24-25/h2-10,15H,11-14H2,1H3,(H,23,26)(H,24,28)/t15-/m0/s1. The topological polar surface area (TPSA) is 110 Å². The molecular weight excluding hydrogens is 386 g/mol. The average molecular weight is 409 g/mol. The number of aryl methyl sites for hydroxylation is 1. The van der Waals surface area contributed by atoms with Crippen molar-refractivity contribution < 1.29 is 14.3 Å². The maximum atomic E-state index is 12.4. The average Bonchev–Trinajstić information content (AvgIpc) is 2.75. The van der Waals surface area contributed by atoms with E-state index < -0.39 is 36.1 Å². The second-order valence-electron chi connectivity index (χ2n) is 7.03. The van der Waals surface area contributed by atoms with Crippen LogP contribution in [-0.2, 0) is 27.3 Å². The summed E-state index contributed by atoms with van der Waals surface area (Å²) in [4.78, 5) is 48.5. The van der Waals surface area contributed by atoms with Crippen molar-refractivity contribution in [3.8, 4) is 0 Å². The molecule has 1 atom stereocenters. The van der Waals surface area contributed by atoms with Gasteiger partial charge in [0.1, 0.15) is 6.54 Å². The van der Waals surface area contributed by atoms with E-state index in [0.29, 0.717) is 0 Å². The van der Waals surface area contributed by atoms with Crippen LogP contribution in [0.5, 0.6) is 0 Å². The van der Waals surface area contributed by atoms with Crippen LogP contribution in [0, 0.1) is 0 Å². The first-order valence-corrected chi connectivity index (χ1v) is 9.65. The molecule has 8 nitrogen and oxygen atoms in total. The van der Waals surface area contributed by atoms with Gasteiger partial charge in [-0.25, -0.2) is 4.68 Å². The number of carbonyl (C=O) groups is 2. The van der Waals surface area contributed by atoms with Gasteiger partial charge in [0.25, 0.3) is 17.0 Å². The number of hydrogen-bond acceptors (Lipinski definition) is 5. The van der Waals surface area contributed by atoms with Crippen LogP contribution in [0.25, 0.3) is 10.8 Å². The zero-order valence-electron chi connectivity index (χ0n) is 16.6. The lowest BCUT2D eigenvalue weighted by molar-refractivity contribution is -0.149. The summed E-state index contributed by atoms with van der Waals surface area (Å²) < 4.78 is 5.83. The molecule has 8 heteroatoms. The summed E-state index contributed by atoms with van der Waals surface area (Å²) in [6.07, 6.45) is 1.57.